The molecule has 27 nitrogen and oxygen atoms in total. The van der Waals surface area contributed by atoms with Crippen LogP contribution in [0, 0.1) is 0 Å². The predicted molar refractivity (Wildman–Crippen MR) is 295 cm³/mol. The molecule has 18 N–H and O–H groups in total. The van der Waals surface area contributed by atoms with Crippen molar-refractivity contribution in [1.82, 2.24) is 4.98 Å². The molecule has 5 heterocycles. The van der Waals surface area contributed by atoms with Gasteiger partial charge in [-0.1, -0.05) is 30.3 Å². The van der Waals surface area contributed by atoms with Crippen molar-refractivity contribution in [2.45, 2.75) is 139 Å². The molecule has 3 aliphatic heterocycles. The van der Waals surface area contributed by atoms with Crippen molar-refractivity contribution in [2.75, 3.05) is 20.3 Å². The zero-order valence-electron chi connectivity index (χ0n) is 44.5. The van der Waals surface area contributed by atoms with E-state index in [4.69, 9.17) is 61.1 Å². The Bertz CT molecular complexity index is 3500. The average molecular weight is 1230 g/mol. The van der Waals surface area contributed by atoms with Gasteiger partial charge in [-0.25, -0.2) is 4.98 Å². The molecule has 4 fully saturated rings. The van der Waals surface area contributed by atoms with Crippen molar-refractivity contribution in [3.05, 3.63) is 103 Å². The summed E-state index contributed by atoms with van der Waals surface area (Å²) in [5, 5.41) is 89.0. The molecule has 3 saturated heterocycles. The molecule has 30 heteroatoms. The van der Waals surface area contributed by atoms with Gasteiger partial charge in [-0.05, 0) is 78.2 Å². The van der Waals surface area contributed by atoms with Crippen LogP contribution >= 0.6 is 11.3 Å². The number of pyridine rings is 1. The third-order valence-electron chi connectivity index (χ3n) is 15.6. The zero-order valence-corrected chi connectivity index (χ0v) is 47.0. The van der Waals surface area contributed by atoms with Crippen molar-refractivity contribution in [1.29, 1.82) is 0 Å². The minimum atomic E-state index is -4.86. The van der Waals surface area contributed by atoms with Crippen molar-refractivity contribution in [3.63, 3.8) is 0 Å². The Balaban J connectivity index is 1.01. The van der Waals surface area contributed by atoms with Crippen LogP contribution in [0.5, 0.6) is 5.75 Å². The molecule has 1 saturated carbocycles. The topological polar surface area (TPSA) is 456 Å². The summed E-state index contributed by atoms with van der Waals surface area (Å²) in [6, 6.07) is 22.3. The van der Waals surface area contributed by atoms with Gasteiger partial charge in [-0.15, -0.1) is 11.3 Å². The Morgan fingerprint density at radius 2 is 1.14 bits per heavy atom. The molecule has 19 unspecified atom stereocenters. The summed E-state index contributed by atoms with van der Waals surface area (Å²) in [6.45, 7) is -1.87. The van der Waals surface area contributed by atoms with Crippen LogP contribution in [0.4, 0.5) is 0 Å². The lowest BCUT2D eigenvalue weighted by atomic mass is 9.84. The molecule has 6 aromatic rings. The lowest BCUT2D eigenvalue weighted by molar-refractivity contribution is -0.686. The number of aliphatic hydroxyl groups is 8. The van der Waals surface area contributed by atoms with Crippen LogP contribution in [0.2, 0.25) is 0 Å². The quantitative estimate of drug-likeness (QED) is 0.0345. The van der Waals surface area contributed by atoms with Crippen LogP contribution in [0.1, 0.15) is 6.42 Å². The Hall–Kier alpha value is -5.18. The van der Waals surface area contributed by atoms with E-state index in [-0.39, 0.29) is 30.0 Å². The van der Waals surface area contributed by atoms with E-state index in [9.17, 15) is 66.8 Å². The number of hydrogen-bond acceptors (Lipinski definition) is 25. The van der Waals surface area contributed by atoms with Crippen LogP contribution < -0.4 is 32.2 Å². The number of rotatable bonds is 17. The zero-order chi connectivity index (χ0) is 60.3. The van der Waals surface area contributed by atoms with E-state index >= 15 is 0 Å². The molecular formula is C54H65N6O21S3+. The van der Waals surface area contributed by atoms with E-state index in [0.717, 1.165) is 27.9 Å². The Morgan fingerprint density at radius 1 is 0.571 bits per heavy atom. The van der Waals surface area contributed by atoms with E-state index in [0.29, 0.717) is 27.4 Å². The normalized spacial score (nSPS) is 33.1. The second-order valence-electron chi connectivity index (χ2n) is 21.0. The molecule has 4 aliphatic rings. The first-order chi connectivity index (χ1) is 39.9. The van der Waals surface area contributed by atoms with Gasteiger partial charge in [0.25, 0.3) is 20.2 Å². The van der Waals surface area contributed by atoms with E-state index in [1.807, 2.05) is 36.4 Å². The summed E-state index contributed by atoms with van der Waals surface area (Å²) >= 11 is 1.47. The fourth-order valence-electron chi connectivity index (χ4n) is 10.9. The standard InChI is InChI=1S/C54H64N6O21S3/c1-75-34-15-12-26(18-39(34)84(72,73)74)27-16-32(23-6-8-25(9-7-23)51-59-31-4-2-3-5-38(31)82-51)60(33(17-27)24-10-13-28(14-11-24)83(69,70)71)20-35-44(65)45(66)41(58)52(76-35)79-48-30(56)19-29(55)42(63)50(48)81-54-47(68)49(37(22-62)78-54)80-53-46(67)40(57)43(64)36(21-61)77-53/h2-18,29-30,35-37,40-50,52-54,61-68H,19-22,55-58H2,1H3,(H-,69,70,71,72,73,74)/p+1. The third kappa shape index (κ3) is 12.4. The molecule has 84 heavy (non-hydrogen) atoms. The molecule has 19 atom stereocenters. The summed E-state index contributed by atoms with van der Waals surface area (Å²) in [5.41, 5.74) is 29.2. The maximum absolute atomic E-state index is 12.7. The minimum Gasteiger partial charge on any atom is -0.495 e. The van der Waals surface area contributed by atoms with E-state index in [2.05, 4.69) is 0 Å². The van der Waals surface area contributed by atoms with Gasteiger partial charge in [-0.2, -0.15) is 21.4 Å². The van der Waals surface area contributed by atoms with E-state index in [1.165, 1.54) is 42.7 Å². The average Bonchev–Trinajstić information content (AvgIpc) is 1.97. The van der Waals surface area contributed by atoms with Gasteiger partial charge in [0.05, 0.1) is 53.6 Å². The maximum Gasteiger partial charge on any atom is 0.298 e. The summed E-state index contributed by atoms with van der Waals surface area (Å²) in [7, 11) is -8.33. The lowest BCUT2D eigenvalue weighted by Crippen LogP contribution is -2.68. The van der Waals surface area contributed by atoms with Crippen LogP contribution in [-0.2, 0) is 55.2 Å². The van der Waals surface area contributed by atoms with Crippen LogP contribution in [0.25, 0.3) is 54.4 Å². The highest BCUT2D eigenvalue weighted by Crippen LogP contribution is 2.39. The van der Waals surface area contributed by atoms with Crippen molar-refractivity contribution >= 4 is 41.8 Å². The Labute approximate surface area is 484 Å². The largest absolute Gasteiger partial charge is 0.495 e. The predicted octanol–water partition coefficient (Wildman–Crippen LogP) is -2.05. The van der Waals surface area contributed by atoms with E-state index < -0.39 is 160 Å². The second-order valence-corrected chi connectivity index (χ2v) is 24.8. The Morgan fingerprint density at radius 3 is 1.76 bits per heavy atom. The molecule has 2 aromatic heterocycles. The second kappa shape index (κ2) is 24.9. The van der Waals surface area contributed by atoms with Gasteiger partial charge >= 0.3 is 0 Å². The van der Waals surface area contributed by atoms with Crippen molar-refractivity contribution in [2.24, 2.45) is 22.9 Å². The molecular weight excluding hydrogens is 1160 g/mol. The molecule has 0 bridgehead atoms. The number of methoxy groups -OCH3 is 1. The van der Waals surface area contributed by atoms with Gasteiger partial charge in [-0.3, -0.25) is 9.11 Å². The molecule has 0 radical (unpaired) electrons. The lowest BCUT2D eigenvalue weighted by Gasteiger charge is -2.47. The first-order valence-electron chi connectivity index (χ1n) is 26.4. The van der Waals surface area contributed by atoms with Gasteiger partial charge in [0, 0.05) is 40.9 Å². The number of nitrogens with two attached hydrogens (primary N) is 4. The molecule has 10 rings (SSSR count). The maximum atomic E-state index is 12.7. The Kier molecular flexibility index (Phi) is 18.3. The van der Waals surface area contributed by atoms with Crippen LogP contribution in [0.15, 0.2) is 113 Å². The molecule has 1 aliphatic carbocycles. The number of aliphatic hydroxyl groups excluding tert-OH is 8. The number of hydrogen-bond donors (Lipinski definition) is 14. The van der Waals surface area contributed by atoms with Gasteiger partial charge < -0.3 is 96.9 Å². The first kappa shape index (κ1) is 61.9. The number of para-hydroxylation sites is 1. The van der Waals surface area contributed by atoms with Gasteiger partial charge in [0.2, 0.25) is 11.4 Å². The summed E-state index contributed by atoms with van der Waals surface area (Å²) in [4.78, 5) is 3.80. The van der Waals surface area contributed by atoms with Gasteiger partial charge in [0.15, 0.2) is 25.4 Å². The van der Waals surface area contributed by atoms with Gasteiger partial charge in [0.1, 0.15) is 82.8 Å². The molecule has 0 spiro atoms. The van der Waals surface area contributed by atoms with Crippen LogP contribution in [-0.4, -0.2) is 208 Å². The molecule has 454 valence electrons. The third-order valence-corrected chi connectivity index (χ3v) is 18.4. The number of aromatic nitrogens is 2. The highest BCUT2D eigenvalue weighted by molar-refractivity contribution is 7.86. The highest BCUT2D eigenvalue weighted by atomic mass is 32.2. The van der Waals surface area contributed by atoms with Crippen molar-refractivity contribution < 1.29 is 105 Å². The summed E-state index contributed by atoms with van der Waals surface area (Å²) in [6.07, 6.45) is -24.0. The number of fused-ring (bicyclic) bond motifs is 1. The summed E-state index contributed by atoms with van der Waals surface area (Å²) in [5.74, 6) is -0.155. The van der Waals surface area contributed by atoms with Crippen LogP contribution in [0.3, 0.4) is 0 Å². The SMILES string of the molecule is COc1ccc(-c2cc(-c3ccc(-c4nc5ccccc5s4)cc3)[n+](CC3OC(OC4C(N)CC(N)C(O)C4OC4OC(CO)C(OC5OC(CO)C(O)C(N)C5O)C4O)C(N)C(O)C3O)c(-c3ccc(S(=O)(=O)O)cc3)c2)cc1S(=O)(=O)O. The number of ether oxygens (including phenoxy) is 7. The monoisotopic (exact) mass is 1230 g/mol. The summed E-state index contributed by atoms with van der Waals surface area (Å²) < 4.78 is 115. The fourth-order valence-corrected chi connectivity index (χ4v) is 13.1. The molecule has 4 aromatic carbocycles. The number of nitrogens with zero attached hydrogens (tertiary/aromatic N) is 2. The number of thiazole rings is 1. The van der Waals surface area contributed by atoms with Crippen molar-refractivity contribution in [3.8, 4) is 50.0 Å². The number of benzene rings is 4. The minimum absolute atomic E-state index is 0.0840. The fraction of sp³-hybridized carbons (Fsp3) is 0.444. The highest BCUT2D eigenvalue weighted by Gasteiger charge is 2.55. The first-order valence-corrected chi connectivity index (χ1v) is 30.1. The smallest absolute Gasteiger partial charge is 0.298 e. The molecule has 0 amide bonds. The van der Waals surface area contributed by atoms with E-state index in [1.54, 1.807) is 34.9 Å².